The summed E-state index contributed by atoms with van der Waals surface area (Å²) in [6.45, 7) is 1.23. The minimum absolute atomic E-state index is 0.481. The third-order valence-corrected chi connectivity index (χ3v) is 1.93. The van der Waals surface area contributed by atoms with E-state index < -0.39 is 6.16 Å². The summed E-state index contributed by atoms with van der Waals surface area (Å²) in [5.41, 5.74) is 0. The van der Waals surface area contributed by atoms with E-state index >= 15 is 0 Å². The predicted octanol–water partition coefficient (Wildman–Crippen LogP) is 1.99. The van der Waals surface area contributed by atoms with Crippen molar-refractivity contribution in [2.45, 2.75) is 0 Å². The molecule has 0 spiro atoms. The number of benzene rings is 1. The largest absolute Gasteiger partial charge is 0.533 e. The quantitative estimate of drug-likeness (QED) is 0.420. The molecule has 0 amide bonds. The number of hydrogen-bond acceptors (Lipinski definition) is 4. The highest BCUT2D eigenvalue weighted by Gasteiger charge is 2.14. The highest BCUT2D eigenvalue weighted by molar-refractivity contribution is 5.63. The molecule has 1 aliphatic heterocycles. The molecule has 0 unspecified atom stereocenters. The van der Waals surface area contributed by atoms with Crippen molar-refractivity contribution in [3.8, 4) is 5.75 Å². The second-order valence-electron chi connectivity index (χ2n) is 3.07. The molecule has 0 radical (unpaired) electrons. The van der Waals surface area contributed by atoms with E-state index in [0.29, 0.717) is 18.8 Å². The summed E-state index contributed by atoms with van der Waals surface area (Å²) in [5.74, 6) is 0.481. The maximum absolute atomic E-state index is 11.3. The fourth-order valence-corrected chi connectivity index (χ4v) is 1.24. The third-order valence-electron chi connectivity index (χ3n) is 1.93. The van der Waals surface area contributed by atoms with Crippen LogP contribution in [0.4, 0.5) is 4.79 Å². The molecule has 1 aromatic carbocycles. The first-order valence-electron chi connectivity index (χ1n) is 4.69. The molecular weight excluding hydrogens is 194 g/mol. The summed E-state index contributed by atoms with van der Waals surface area (Å²) in [4.78, 5) is 16.2. The second-order valence-corrected chi connectivity index (χ2v) is 3.07. The summed E-state index contributed by atoms with van der Waals surface area (Å²) in [5, 5.41) is 1.52. The van der Waals surface area contributed by atoms with Crippen LogP contribution in [0.25, 0.3) is 0 Å². The SMILES string of the molecule is O=C(Oc1ccccc1)ON1CC=CC1. The topological polar surface area (TPSA) is 38.8 Å². The third kappa shape index (κ3) is 2.82. The van der Waals surface area contributed by atoms with Crippen molar-refractivity contribution >= 4 is 6.16 Å². The number of hydrogen-bond donors (Lipinski definition) is 0. The van der Waals surface area contributed by atoms with Gasteiger partial charge in [0.05, 0.1) is 13.1 Å². The first-order chi connectivity index (χ1) is 7.34. The first-order valence-corrected chi connectivity index (χ1v) is 4.69. The van der Waals surface area contributed by atoms with E-state index in [4.69, 9.17) is 9.57 Å². The Morgan fingerprint density at radius 1 is 1.13 bits per heavy atom. The van der Waals surface area contributed by atoms with Crippen molar-refractivity contribution in [1.29, 1.82) is 0 Å². The van der Waals surface area contributed by atoms with Crippen LogP contribution in [0.3, 0.4) is 0 Å². The Hall–Kier alpha value is -1.81. The predicted molar refractivity (Wildman–Crippen MR) is 54.3 cm³/mol. The average Bonchev–Trinajstić information content (AvgIpc) is 2.71. The van der Waals surface area contributed by atoms with Crippen LogP contribution in [0.5, 0.6) is 5.75 Å². The van der Waals surface area contributed by atoms with E-state index in [1.54, 1.807) is 24.3 Å². The van der Waals surface area contributed by atoms with Gasteiger partial charge >= 0.3 is 6.16 Å². The fourth-order valence-electron chi connectivity index (χ4n) is 1.24. The maximum atomic E-state index is 11.3. The molecule has 0 aromatic heterocycles. The molecule has 15 heavy (non-hydrogen) atoms. The maximum Gasteiger partial charge on any atom is 0.533 e. The van der Waals surface area contributed by atoms with E-state index in [2.05, 4.69) is 0 Å². The monoisotopic (exact) mass is 205 g/mol. The number of hydroxylamine groups is 2. The van der Waals surface area contributed by atoms with Crippen molar-refractivity contribution in [2.75, 3.05) is 13.1 Å². The van der Waals surface area contributed by atoms with Gasteiger partial charge in [0.25, 0.3) is 0 Å². The van der Waals surface area contributed by atoms with Gasteiger partial charge in [0.1, 0.15) is 5.75 Å². The first kappa shape index (κ1) is 9.73. The standard InChI is InChI=1S/C11H11NO3/c13-11(15-12-8-4-5-9-12)14-10-6-2-1-3-7-10/h1-7H,8-9H2. The Kier molecular flexibility index (Phi) is 2.99. The number of ether oxygens (including phenoxy) is 1. The van der Waals surface area contributed by atoms with E-state index in [-0.39, 0.29) is 0 Å². The summed E-state index contributed by atoms with van der Waals surface area (Å²) < 4.78 is 4.95. The fraction of sp³-hybridized carbons (Fsp3) is 0.182. The molecular formula is C11H11NO3. The Morgan fingerprint density at radius 2 is 1.80 bits per heavy atom. The molecule has 0 N–H and O–H groups in total. The molecule has 1 aliphatic rings. The van der Waals surface area contributed by atoms with Crippen molar-refractivity contribution in [3.05, 3.63) is 42.5 Å². The van der Waals surface area contributed by atoms with Crippen LogP contribution in [0, 0.1) is 0 Å². The molecule has 0 aliphatic carbocycles. The average molecular weight is 205 g/mol. The van der Waals surface area contributed by atoms with Crippen LogP contribution in [-0.2, 0) is 4.84 Å². The van der Waals surface area contributed by atoms with Gasteiger partial charge in [-0.2, -0.15) is 0 Å². The molecule has 0 saturated heterocycles. The highest BCUT2D eigenvalue weighted by Crippen LogP contribution is 2.10. The molecule has 2 rings (SSSR count). The van der Waals surface area contributed by atoms with Crippen molar-refractivity contribution < 1.29 is 14.4 Å². The van der Waals surface area contributed by atoms with Gasteiger partial charge in [-0.3, -0.25) is 0 Å². The van der Waals surface area contributed by atoms with Crippen molar-refractivity contribution in [3.63, 3.8) is 0 Å². The van der Waals surface area contributed by atoms with Gasteiger partial charge in [-0.25, -0.2) is 4.79 Å². The zero-order chi connectivity index (χ0) is 10.5. The van der Waals surface area contributed by atoms with Gasteiger partial charge in [-0.05, 0) is 12.1 Å². The molecule has 0 bridgehead atoms. The van der Waals surface area contributed by atoms with Gasteiger partial charge < -0.3 is 9.57 Å². The number of nitrogens with zero attached hydrogens (tertiary/aromatic N) is 1. The van der Waals surface area contributed by atoms with Crippen LogP contribution in [0.15, 0.2) is 42.5 Å². The van der Waals surface area contributed by atoms with E-state index in [0.717, 1.165) is 0 Å². The van der Waals surface area contributed by atoms with Gasteiger partial charge in [0.15, 0.2) is 0 Å². The van der Waals surface area contributed by atoms with Crippen LogP contribution < -0.4 is 4.74 Å². The van der Waals surface area contributed by atoms with Crippen LogP contribution in [-0.4, -0.2) is 24.3 Å². The van der Waals surface area contributed by atoms with Crippen LogP contribution in [0.2, 0.25) is 0 Å². The number of carbonyl (C=O) groups excluding carboxylic acids is 1. The lowest BCUT2D eigenvalue weighted by Crippen LogP contribution is -2.26. The normalized spacial score (nSPS) is 15.2. The second kappa shape index (κ2) is 4.61. The van der Waals surface area contributed by atoms with Gasteiger partial charge in [-0.1, -0.05) is 30.4 Å². The lowest BCUT2D eigenvalue weighted by atomic mass is 10.3. The van der Waals surface area contributed by atoms with Crippen LogP contribution in [0.1, 0.15) is 0 Å². The van der Waals surface area contributed by atoms with Gasteiger partial charge in [0, 0.05) is 0 Å². The minimum Gasteiger partial charge on any atom is -0.394 e. The summed E-state index contributed by atoms with van der Waals surface area (Å²) in [7, 11) is 0. The molecule has 78 valence electrons. The van der Waals surface area contributed by atoms with Crippen molar-refractivity contribution in [2.24, 2.45) is 0 Å². The van der Waals surface area contributed by atoms with E-state index in [1.165, 1.54) is 5.06 Å². The molecule has 4 nitrogen and oxygen atoms in total. The Labute approximate surface area is 87.7 Å². The smallest absolute Gasteiger partial charge is 0.394 e. The summed E-state index contributed by atoms with van der Waals surface area (Å²) in [6.07, 6.45) is 3.15. The molecule has 4 heteroatoms. The van der Waals surface area contributed by atoms with E-state index in [1.807, 2.05) is 18.2 Å². The zero-order valence-corrected chi connectivity index (χ0v) is 8.13. The molecule has 0 fully saturated rings. The highest BCUT2D eigenvalue weighted by atomic mass is 16.8. The summed E-state index contributed by atoms with van der Waals surface area (Å²) >= 11 is 0. The number of carbonyl (C=O) groups is 1. The lowest BCUT2D eigenvalue weighted by molar-refractivity contribution is -0.0944. The molecule has 0 atom stereocenters. The molecule has 0 saturated carbocycles. The van der Waals surface area contributed by atoms with Gasteiger partial charge in [0.2, 0.25) is 0 Å². The Balaban J connectivity index is 1.82. The Morgan fingerprint density at radius 3 is 2.47 bits per heavy atom. The number of rotatable bonds is 2. The Bertz CT molecular complexity index is 353. The molecule has 1 aromatic rings. The van der Waals surface area contributed by atoms with Gasteiger partial charge in [-0.15, -0.1) is 5.06 Å². The zero-order valence-electron chi connectivity index (χ0n) is 8.13. The number of para-hydroxylation sites is 1. The molecule has 1 heterocycles. The van der Waals surface area contributed by atoms with Crippen molar-refractivity contribution in [1.82, 2.24) is 5.06 Å². The van der Waals surface area contributed by atoms with Crippen LogP contribution >= 0.6 is 0 Å². The minimum atomic E-state index is -0.704. The summed E-state index contributed by atoms with van der Waals surface area (Å²) in [6, 6.07) is 8.83. The lowest BCUT2D eigenvalue weighted by Gasteiger charge is -2.13. The van der Waals surface area contributed by atoms with E-state index in [9.17, 15) is 4.79 Å².